The number of oxazole rings is 1. The summed E-state index contributed by atoms with van der Waals surface area (Å²) < 4.78 is 51.3. The molecule has 1 aromatic carbocycles. The van der Waals surface area contributed by atoms with Gasteiger partial charge in [-0.3, -0.25) is 14.6 Å². The Labute approximate surface area is 185 Å². The number of hydrogen-bond acceptors (Lipinski definition) is 6. The van der Waals surface area contributed by atoms with E-state index in [9.17, 15) is 18.0 Å². The maximum atomic E-state index is 13.5. The summed E-state index contributed by atoms with van der Waals surface area (Å²) in [5.41, 5.74) is -0.270. The lowest BCUT2D eigenvalue weighted by atomic mass is 10.1. The maximum Gasteiger partial charge on any atom is 0.416 e. The van der Waals surface area contributed by atoms with Crippen LogP contribution in [-0.4, -0.2) is 78.6 Å². The van der Waals surface area contributed by atoms with Crippen LogP contribution in [-0.2, 0) is 24.0 Å². The van der Waals surface area contributed by atoms with Crippen molar-refractivity contribution in [2.45, 2.75) is 26.2 Å². The Morgan fingerprint density at radius 1 is 1.19 bits per heavy atom. The summed E-state index contributed by atoms with van der Waals surface area (Å²) in [5.74, 6) is 0.0362. The predicted octanol–water partition coefficient (Wildman–Crippen LogP) is 3.12. The molecule has 0 aliphatic carbocycles. The number of halogens is 3. The van der Waals surface area contributed by atoms with E-state index >= 15 is 0 Å². The van der Waals surface area contributed by atoms with E-state index in [0.717, 1.165) is 19.2 Å². The largest absolute Gasteiger partial charge is 0.447 e. The highest BCUT2D eigenvalue weighted by molar-refractivity contribution is 5.91. The van der Waals surface area contributed by atoms with E-state index in [0.29, 0.717) is 38.7 Å². The smallest absolute Gasteiger partial charge is 0.416 e. The third-order valence-electron chi connectivity index (χ3n) is 5.50. The first kappa shape index (κ1) is 24.2. The molecule has 2 aromatic rings. The zero-order chi connectivity index (χ0) is 23.1. The minimum absolute atomic E-state index is 0.0839. The molecule has 1 saturated heterocycles. The van der Waals surface area contributed by atoms with Gasteiger partial charge in [-0.2, -0.15) is 13.2 Å². The SMILES string of the molecule is CCN(C)C(=O)c1coc(CN(CCN2CCOCC2)Cc2ccccc2C(F)(F)F)n1. The zero-order valence-electron chi connectivity index (χ0n) is 18.4. The van der Waals surface area contributed by atoms with Crippen molar-refractivity contribution in [2.24, 2.45) is 0 Å². The Morgan fingerprint density at radius 2 is 1.91 bits per heavy atom. The van der Waals surface area contributed by atoms with Gasteiger partial charge >= 0.3 is 6.18 Å². The topological polar surface area (TPSA) is 62.1 Å². The summed E-state index contributed by atoms with van der Waals surface area (Å²) in [4.78, 5) is 22.2. The van der Waals surface area contributed by atoms with Crippen molar-refractivity contribution < 1.29 is 27.1 Å². The molecule has 1 fully saturated rings. The number of carbonyl (C=O) groups is 1. The van der Waals surface area contributed by atoms with Crippen LogP contribution in [0.25, 0.3) is 0 Å². The van der Waals surface area contributed by atoms with Crippen LogP contribution in [0.4, 0.5) is 13.2 Å². The predicted molar refractivity (Wildman–Crippen MR) is 112 cm³/mol. The van der Waals surface area contributed by atoms with Gasteiger partial charge in [0.1, 0.15) is 6.26 Å². The molecule has 0 N–H and O–H groups in total. The molecule has 0 radical (unpaired) electrons. The van der Waals surface area contributed by atoms with Crippen LogP contribution in [0.5, 0.6) is 0 Å². The van der Waals surface area contributed by atoms with Crippen molar-refractivity contribution in [2.75, 3.05) is 53.0 Å². The maximum absolute atomic E-state index is 13.5. The molecule has 1 amide bonds. The lowest BCUT2D eigenvalue weighted by Crippen LogP contribution is -2.41. The summed E-state index contributed by atoms with van der Waals surface area (Å²) in [6.07, 6.45) is -3.13. The van der Waals surface area contributed by atoms with Crippen molar-refractivity contribution in [3.05, 3.63) is 53.2 Å². The fourth-order valence-electron chi connectivity index (χ4n) is 3.51. The summed E-state index contributed by atoms with van der Waals surface area (Å²) in [6.45, 7) is 6.73. The van der Waals surface area contributed by atoms with E-state index in [-0.39, 0.29) is 30.3 Å². The van der Waals surface area contributed by atoms with Gasteiger partial charge in [0.05, 0.1) is 25.3 Å². The summed E-state index contributed by atoms with van der Waals surface area (Å²) in [6, 6.07) is 5.58. The first-order valence-corrected chi connectivity index (χ1v) is 10.7. The van der Waals surface area contributed by atoms with Crippen LogP contribution in [0.2, 0.25) is 0 Å². The zero-order valence-corrected chi connectivity index (χ0v) is 18.4. The molecule has 0 bridgehead atoms. The van der Waals surface area contributed by atoms with Crippen molar-refractivity contribution in [1.29, 1.82) is 0 Å². The van der Waals surface area contributed by atoms with Crippen molar-refractivity contribution in [1.82, 2.24) is 19.7 Å². The Kier molecular flexibility index (Phi) is 8.27. The second-order valence-electron chi connectivity index (χ2n) is 7.77. The normalized spacial score (nSPS) is 15.3. The molecule has 176 valence electrons. The average Bonchev–Trinajstić information content (AvgIpc) is 3.25. The summed E-state index contributed by atoms with van der Waals surface area (Å²) >= 11 is 0. The average molecular weight is 454 g/mol. The number of hydrogen-bond donors (Lipinski definition) is 0. The second-order valence-corrected chi connectivity index (χ2v) is 7.77. The van der Waals surface area contributed by atoms with Gasteiger partial charge in [-0.05, 0) is 18.6 Å². The second kappa shape index (κ2) is 10.9. The number of amides is 1. The van der Waals surface area contributed by atoms with E-state index in [1.807, 2.05) is 11.8 Å². The molecule has 10 heteroatoms. The van der Waals surface area contributed by atoms with Crippen LogP contribution >= 0.6 is 0 Å². The minimum Gasteiger partial charge on any atom is -0.447 e. The molecule has 0 saturated carbocycles. The van der Waals surface area contributed by atoms with Gasteiger partial charge in [0.25, 0.3) is 5.91 Å². The standard InChI is InChI=1S/C22H29F3N4O3/c1-3-27(2)21(30)19-16-32-20(26-19)15-29(9-8-28-10-12-31-13-11-28)14-17-6-4-5-7-18(17)22(23,24)25/h4-7,16H,3,8-15H2,1-2H3. The lowest BCUT2D eigenvalue weighted by Gasteiger charge is -2.30. The Balaban J connectivity index is 1.75. The third-order valence-corrected chi connectivity index (χ3v) is 5.50. The number of carbonyl (C=O) groups excluding carboxylic acids is 1. The fourth-order valence-corrected chi connectivity index (χ4v) is 3.51. The van der Waals surface area contributed by atoms with E-state index in [4.69, 9.17) is 9.15 Å². The fraction of sp³-hybridized carbons (Fsp3) is 0.545. The van der Waals surface area contributed by atoms with Crippen LogP contribution in [0, 0.1) is 0 Å². The van der Waals surface area contributed by atoms with Gasteiger partial charge in [0.15, 0.2) is 5.69 Å². The van der Waals surface area contributed by atoms with E-state index in [1.165, 1.54) is 23.3 Å². The monoisotopic (exact) mass is 454 g/mol. The van der Waals surface area contributed by atoms with Crippen LogP contribution in [0.3, 0.4) is 0 Å². The number of ether oxygens (including phenoxy) is 1. The van der Waals surface area contributed by atoms with E-state index < -0.39 is 11.7 Å². The highest BCUT2D eigenvalue weighted by Crippen LogP contribution is 2.32. The molecule has 0 atom stereocenters. The Bertz CT molecular complexity index is 881. The van der Waals surface area contributed by atoms with Gasteiger partial charge in [-0.25, -0.2) is 4.98 Å². The molecular weight excluding hydrogens is 425 g/mol. The number of morpholine rings is 1. The Morgan fingerprint density at radius 3 is 2.59 bits per heavy atom. The minimum atomic E-state index is -4.43. The van der Waals surface area contributed by atoms with Gasteiger partial charge in [-0.1, -0.05) is 18.2 Å². The highest BCUT2D eigenvalue weighted by atomic mass is 19.4. The number of rotatable bonds is 9. The molecule has 2 heterocycles. The van der Waals surface area contributed by atoms with Crippen molar-refractivity contribution >= 4 is 5.91 Å². The molecule has 1 aliphatic rings. The third kappa shape index (κ3) is 6.54. The molecule has 7 nitrogen and oxygen atoms in total. The molecule has 3 rings (SSSR count). The van der Waals surface area contributed by atoms with Gasteiger partial charge < -0.3 is 14.1 Å². The Hall–Kier alpha value is -2.43. The first-order valence-electron chi connectivity index (χ1n) is 10.7. The molecule has 0 unspecified atom stereocenters. The molecule has 1 aromatic heterocycles. The van der Waals surface area contributed by atoms with Crippen LogP contribution in [0.1, 0.15) is 34.4 Å². The first-order chi connectivity index (χ1) is 15.3. The number of aromatic nitrogens is 1. The molecular formula is C22H29F3N4O3. The molecule has 32 heavy (non-hydrogen) atoms. The van der Waals surface area contributed by atoms with Crippen LogP contribution < -0.4 is 0 Å². The number of nitrogens with zero attached hydrogens (tertiary/aromatic N) is 4. The number of alkyl halides is 3. The van der Waals surface area contributed by atoms with E-state index in [2.05, 4.69) is 9.88 Å². The lowest BCUT2D eigenvalue weighted by molar-refractivity contribution is -0.138. The van der Waals surface area contributed by atoms with Gasteiger partial charge in [-0.15, -0.1) is 0 Å². The van der Waals surface area contributed by atoms with Crippen molar-refractivity contribution in [3.8, 4) is 0 Å². The summed E-state index contributed by atoms with van der Waals surface area (Å²) in [7, 11) is 1.67. The van der Waals surface area contributed by atoms with Gasteiger partial charge in [0.2, 0.25) is 5.89 Å². The van der Waals surface area contributed by atoms with Crippen molar-refractivity contribution in [3.63, 3.8) is 0 Å². The van der Waals surface area contributed by atoms with Crippen LogP contribution in [0.15, 0.2) is 34.9 Å². The quantitative estimate of drug-likeness (QED) is 0.580. The molecule has 1 aliphatic heterocycles. The summed E-state index contributed by atoms with van der Waals surface area (Å²) in [5, 5.41) is 0. The number of benzene rings is 1. The van der Waals surface area contributed by atoms with Gasteiger partial charge in [0, 0.05) is 46.3 Å². The highest BCUT2D eigenvalue weighted by Gasteiger charge is 2.33. The van der Waals surface area contributed by atoms with E-state index in [1.54, 1.807) is 13.1 Å². The molecule has 0 spiro atoms.